The molecule has 2 aromatic rings. The molecule has 6 nitrogen and oxygen atoms in total. The van der Waals surface area contributed by atoms with Gasteiger partial charge >= 0.3 is 6.03 Å². The number of nitrogens with one attached hydrogen (secondary N) is 1. The lowest BCUT2D eigenvalue weighted by Crippen LogP contribution is -2.51. The molecule has 1 saturated heterocycles. The second-order valence-corrected chi connectivity index (χ2v) is 8.08. The van der Waals surface area contributed by atoms with Crippen LogP contribution < -0.4 is 14.8 Å². The molecule has 1 atom stereocenters. The molecule has 1 N–H and O–H groups in total. The van der Waals surface area contributed by atoms with Crippen molar-refractivity contribution in [3.05, 3.63) is 58.1 Å². The Balaban J connectivity index is 1.52. The quantitative estimate of drug-likeness (QED) is 0.704. The van der Waals surface area contributed by atoms with E-state index in [1.54, 1.807) is 14.2 Å². The van der Waals surface area contributed by atoms with Crippen LogP contribution in [0.15, 0.2) is 46.9 Å². The Morgan fingerprint density at radius 3 is 2.38 bits per heavy atom. The highest BCUT2D eigenvalue weighted by Gasteiger charge is 2.23. The maximum Gasteiger partial charge on any atom is 0.317 e. The minimum atomic E-state index is -0.0327. The Hall–Kier alpha value is -2.25. The molecule has 0 aliphatic carbocycles. The normalized spacial score (nSPS) is 15.7. The van der Waals surface area contributed by atoms with Gasteiger partial charge in [-0.25, -0.2) is 4.79 Å². The monoisotopic (exact) mass is 461 g/mol. The largest absolute Gasteiger partial charge is 0.497 e. The molecular weight excluding hydrogens is 434 g/mol. The Kier molecular flexibility index (Phi) is 7.39. The van der Waals surface area contributed by atoms with Gasteiger partial charge in [0.15, 0.2) is 0 Å². The summed E-state index contributed by atoms with van der Waals surface area (Å²) in [4.78, 5) is 16.9. The number of nitrogens with zero attached hydrogens (tertiary/aromatic N) is 2. The molecule has 0 saturated carbocycles. The van der Waals surface area contributed by atoms with Gasteiger partial charge in [0.05, 0.1) is 20.3 Å². The molecule has 2 aromatic carbocycles. The topological polar surface area (TPSA) is 54.0 Å². The first-order valence-corrected chi connectivity index (χ1v) is 10.5. The van der Waals surface area contributed by atoms with Crippen LogP contribution in [0.4, 0.5) is 4.79 Å². The second-order valence-electron chi connectivity index (χ2n) is 7.16. The molecule has 29 heavy (non-hydrogen) atoms. The summed E-state index contributed by atoms with van der Waals surface area (Å²) >= 11 is 3.44. The van der Waals surface area contributed by atoms with E-state index in [0.29, 0.717) is 13.1 Å². The number of carbonyl (C=O) groups excluding carboxylic acids is 1. The molecule has 1 unspecified atom stereocenters. The second kappa shape index (κ2) is 9.98. The van der Waals surface area contributed by atoms with Crippen molar-refractivity contribution in [2.45, 2.75) is 19.5 Å². The number of piperazine rings is 1. The standard InChI is InChI=1S/C22H28BrN3O3/c1-16(17-4-6-19(23)7-5-17)24-22(27)26-12-10-25(11-13-26)15-18-14-20(28-2)8-9-21(18)29-3/h4-9,14,16H,10-13,15H2,1-3H3,(H,24,27). The van der Waals surface area contributed by atoms with Crippen molar-refractivity contribution in [1.29, 1.82) is 0 Å². The van der Waals surface area contributed by atoms with E-state index in [1.165, 1.54) is 0 Å². The Morgan fingerprint density at radius 1 is 1.07 bits per heavy atom. The maximum absolute atomic E-state index is 12.6. The smallest absolute Gasteiger partial charge is 0.317 e. The highest BCUT2D eigenvalue weighted by atomic mass is 79.9. The van der Waals surface area contributed by atoms with Gasteiger partial charge in [0.2, 0.25) is 0 Å². The molecule has 0 aromatic heterocycles. The molecule has 0 radical (unpaired) electrons. The first kappa shape index (κ1) is 21.5. The minimum absolute atomic E-state index is 0.0148. The lowest BCUT2D eigenvalue weighted by Gasteiger charge is -2.35. The molecule has 0 spiro atoms. The van der Waals surface area contributed by atoms with Crippen molar-refractivity contribution in [2.24, 2.45) is 0 Å². The molecule has 1 heterocycles. The summed E-state index contributed by atoms with van der Waals surface area (Å²) < 4.78 is 11.8. The van der Waals surface area contributed by atoms with E-state index in [9.17, 15) is 4.79 Å². The average Bonchev–Trinajstić information content (AvgIpc) is 2.74. The average molecular weight is 462 g/mol. The van der Waals surface area contributed by atoms with E-state index in [0.717, 1.165) is 46.7 Å². The van der Waals surface area contributed by atoms with Gasteiger partial charge in [-0.3, -0.25) is 4.90 Å². The number of rotatable bonds is 6. The first-order valence-electron chi connectivity index (χ1n) is 9.74. The summed E-state index contributed by atoms with van der Waals surface area (Å²) in [7, 11) is 3.35. The SMILES string of the molecule is COc1ccc(OC)c(CN2CCN(C(=O)NC(C)c3ccc(Br)cc3)CC2)c1. The van der Waals surface area contributed by atoms with E-state index < -0.39 is 0 Å². The summed E-state index contributed by atoms with van der Waals surface area (Å²) in [6.07, 6.45) is 0. The molecule has 1 fully saturated rings. The van der Waals surface area contributed by atoms with Crippen LogP contribution in [0.25, 0.3) is 0 Å². The van der Waals surface area contributed by atoms with Crippen LogP contribution in [0, 0.1) is 0 Å². The zero-order valence-electron chi connectivity index (χ0n) is 17.2. The molecule has 0 bridgehead atoms. The highest BCUT2D eigenvalue weighted by molar-refractivity contribution is 9.10. The van der Waals surface area contributed by atoms with Gasteiger partial charge in [0, 0.05) is 42.8 Å². The molecule has 1 aliphatic rings. The van der Waals surface area contributed by atoms with Crippen molar-refractivity contribution in [2.75, 3.05) is 40.4 Å². The first-order chi connectivity index (χ1) is 14.0. The van der Waals surface area contributed by atoms with Crippen LogP contribution in [0.2, 0.25) is 0 Å². The predicted molar refractivity (Wildman–Crippen MR) is 117 cm³/mol. The number of halogens is 1. The fraction of sp³-hybridized carbons (Fsp3) is 0.409. The zero-order chi connectivity index (χ0) is 20.8. The number of urea groups is 1. The number of hydrogen-bond acceptors (Lipinski definition) is 4. The molecule has 1 aliphatic heterocycles. The maximum atomic E-state index is 12.6. The number of amides is 2. The van der Waals surface area contributed by atoms with Gasteiger partial charge in [-0.2, -0.15) is 0 Å². The third kappa shape index (κ3) is 5.64. The van der Waals surface area contributed by atoms with Gasteiger partial charge in [-0.15, -0.1) is 0 Å². The number of carbonyl (C=O) groups is 1. The van der Waals surface area contributed by atoms with Gasteiger partial charge in [0.1, 0.15) is 11.5 Å². The van der Waals surface area contributed by atoms with Crippen LogP contribution in [-0.4, -0.2) is 56.2 Å². The number of benzene rings is 2. The third-order valence-electron chi connectivity index (χ3n) is 5.25. The zero-order valence-corrected chi connectivity index (χ0v) is 18.7. The van der Waals surface area contributed by atoms with E-state index >= 15 is 0 Å². The Bertz CT molecular complexity index is 821. The van der Waals surface area contributed by atoms with Gasteiger partial charge in [-0.1, -0.05) is 28.1 Å². The summed E-state index contributed by atoms with van der Waals surface area (Å²) in [6, 6.07) is 13.8. The molecule has 2 amide bonds. The molecule has 7 heteroatoms. The van der Waals surface area contributed by atoms with Gasteiger partial charge in [0.25, 0.3) is 0 Å². The fourth-order valence-electron chi connectivity index (χ4n) is 3.47. The van der Waals surface area contributed by atoms with Crippen molar-refractivity contribution in [3.8, 4) is 11.5 Å². The van der Waals surface area contributed by atoms with E-state index in [2.05, 4.69) is 26.1 Å². The van der Waals surface area contributed by atoms with E-state index in [1.807, 2.05) is 54.3 Å². The Labute approximate surface area is 180 Å². The Morgan fingerprint density at radius 2 is 1.76 bits per heavy atom. The molecule has 3 rings (SSSR count). The lowest BCUT2D eigenvalue weighted by molar-refractivity contribution is 0.133. The fourth-order valence-corrected chi connectivity index (χ4v) is 3.73. The van der Waals surface area contributed by atoms with Gasteiger partial charge in [-0.05, 0) is 42.8 Å². The van der Waals surface area contributed by atoms with Crippen molar-refractivity contribution >= 4 is 22.0 Å². The number of hydrogen-bond donors (Lipinski definition) is 1. The van der Waals surface area contributed by atoms with Crippen molar-refractivity contribution in [1.82, 2.24) is 15.1 Å². The lowest BCUT2D eigenvalue weighted by atomic mass is 10.1. The summed E-state index contributed by atoms with van der Waals surface area (Å²) in [5.74, 6) is 1.68. The van der Waals surface area contributed by atoms with Gasteiger partial charge < -0.3 is 19.7 Å². The van der Waals surface area contributed by atoms with Crippen molar-refractivity contribution in [3.63, 3.8) is 0 Å². The molecular formula is C22H28BrN3O3. The minimum Gasteiger partial charge on any atom is -0.497 e. The van der Waals surface area contributed by atoms with Crippen LogP contribution in [0.1, 0.15) is 24.1 Å². The van der Waals surface area contributed by atoms with E-state index in [4.69, 9.17) is 9.47 Å². The van der Waals surface area contributed by atoms with Crippen molar-refractivity contribution < 1.29 is 14.3 Å². The van der Waals surface area contributed by atoms with Crippen LogP contribution in [-0.2, 0) is 6.54 Å². The molecule has 156 valence electrons. The number of methoxy groups -OCH3 is 2. The highest BCUT2D eigenvalue weighted by Crippen LogP contribution is 2.25. The number of ether oxygens (including phenoxy) is 2. The summed E-state index contributed by atoms with van der Waals surface area (Å²) in [5.41, 5.74) is 2.18. The van der Waals surface area contributed by atoms with Crippen LogP contribution >= 0.6 is 15.9 Å². The van der Waals surface area contributed by atoms with Crippen LogP contribution in [0.3, 0.4) is 0 Å². The van der Waals surface area contributed by atoms with Crippen LogP contribution in [0.5, 0.6) is 11.5 Å². The van der Waals surface area contributed by atoms with E-state index in [-0.39, 0.29) is 12.1 Å². The predicted octanol–water partition coefficient (Wildman–Crippen LogP) is 4.05. The summed E-state index contributed by atoms with van der Waals surface area (Å²) in [5, 5.41) is 3.10. The summed E-state index contributed by atoms with van der Waals surface area (Å²) in [6.45, 7) is 5.81. The third-order valence-corrected chi connectivity index (χ3v) is 5.78.